The first-order valence-electron chi connectivity index (χ1n) is 12.9. The van der Waals surface area contributed by atoms with E-state index >= 15 is 0 Å². The average molecular weight is 529 g/mol. The van der Waals surface area contributed by atoms with Crippen LogP contribution in [0.4, 0.5) is 10.5 Å². The molecule has 0 aliphatic rings. The fraction of sp³-hybridized carbons (Fsp3) is 0.355. The van der Waals surface area contributed by atoms with Gasteiger partial charge in [-0.1, -0.05) is 68.4 Å². The Morgan fingerprint density at radius 1 is 0.974 bits per heavy atom. The number of benzene rings is 3. The molecule has 39 heavy (non-hydrogen) atoms. The van der Waals surface area contributed by atoms with Crippen LogP contribution >= 0.6 is 0 Å². The summed E-state index contributed by atoms with van der Waals surface area (Å²) in [6, 6.07) is 20.5. The maximum Gasteiger partial charge on any atom is 0.408 e. The van der Waals surface area contributed by atoms with Gasteiger partial charge in [0.2, 0.25) is 5.91 Å². The minimum absolute atomic E-state index is 0.340. The van der Waals surface area contributed by atoms with Gasteiger partial charge < -0.3 is 20.3 Å². The Bertz CT molecular complexity index is 1390. The SMILES string of the molecule is Cc1ccccc1C(C(=O)Nc1ccc2ccccc2c1)N(CC#N)C(=O)C(NC(=O)OC(C)(C)C)C(C)C. The van der Waals surface area contributed by atoms with Crippen molar-refractivity contribution in [3.05, 3.63) is 77.9 Å². The monoisotopic (exact) mass is 528 g/mol. The number of fused-ring (bicyclic) bond motifs is 1. The van der Waals surface area contributed by atoms with E-state index < -0.39 is 35.6 Å². The lowest BCUT2D eigenvalue weighted by atomic mass is 9.96. The van der Waals surface area contributed by atoms with Crippen molar-refractivity contribution < 1.29 is 19.1 Å². The lowest BCUT2D eigenvalue weighted by molar-refractivity contribution is -0.141. The van der Waals surface area contributed by atoms with Crippen LogP contribution in [0.3, 0.4) is 0 Å². The molecular formula is C31H36N4O4. The largest absolute Gasteiger partial charge is 0.444 e. The van der Waals surface area contributed by atoms with E-state index in [9.17, 15) is 19.6 Å². The molecule has 0 aliphatic carbocycles. The van der Waals surface area contributed by atoms with Crippen molar-refractivity contribution >= 4 is 34.4 Å². The predicted molar refractivity (Wildman–Crippen MR) is 152 cm³/mol. The second kappa shape index (κ2) is 12.4. The topological polar surface area (TPSA) is 112 Å². The van der Waals surface area contributed by atoms with Crippen molar-refractivity contribution in [3.63, 3.8) is 0 Å². The molecule has 0 aliphatic heterocycles. The van der Waals surface area contributed by atoms with Crippen LogP contribution in [0.25, 0.3) is 10.8 Å². The Balaban J connectivity index is 2.01. The van der Waals surface area contributed by atoms with Gasteiger partial charge in [0.15, 0.2) is 0 Å². The van der Waals surface area contributed by atoms with Gasteiger partial charge in [-0.25, -0.2) is 4.79 Å². The molecule has 3 amide bonds. The quantitative estimate of drug-likeness (QED) is 0.363. The summed E-state index contributed by atoms with van der Waals surface area (Å²) in [6.45, 7) is 10.2. The molecule has 0 bridgehead atoms. The maximum absolute atomic E-state index is 14.0. The third kappa shape index (κ3) is 7.57. The number of hydrogen-bond donors (Lipinski definition) is 2. The summed E-state index contributed by atoms with van der Waals surface area (Å²) in [5, 5.41) is 17.3. The minimum Gasteiger partial charge on any atom is -0.444 e. The van der Waals surface area contributed by atoms with Gasteiger partial charge in [0, 0.05) is 5.69 Å². The van der Waals surface area contributed by atoms with Crippen LogP contribution in [0.15, 0.2) is 66.7 Å². The molecule has 0 heterocycles. The number of nitrogens with zero attached hydrogens (tertiary/aromatic N) is 2. The van der Waals surface area contributed by atoms with E-state index in [1.165, 1.54) is 4.90 Å². The molecule has 0 spiro atoms. The van der Waals surface area contributed by atoms with Crippen LogP contribution in [0, 0.1) is 24.2 Å². The third-order valence-corrected chi connectivity index (χ3v) is 6.19. The summed E-state index contributed by atoms with van der Waals surface area (Å²) in [4.78, 5) is 41.7. The highest BCUT2D eigenvalue weighted by molar-refractivity contribution is 6.00. The average Bonchev–Trinajstić information content (AvgIpc) is 2.86. The molecule has 3 aromatic carbocycles. The zero-order chi connectivity index (χ0) is 28.7. The van der Waals surface area contributed by atoms with Crippen molar-refractivity contribution in [2.45, 2.75) is 59.2 Å². The Kier molecular flexibility index (Phi) is 9.31. The van der Waals surface area contributed by atoms with Crippen molar-refractivity contribution in [2.24, 2.45) is 5.92 Å². The predicted octanol–water partition coefficient (Wildman–Crippen LogP) is 5.73. The van der Waals surface area contributed by atoms with Crippen LogP contribution in [-0.4, -0.2) is 41.0 Å². The molecule has 0 radical (unpaired) electrons. The molecule has 8 nitrogen and oxygen atoms in total. The van der Waals surface area contributed by atoms with Crippen LogP contribution in [0.5, 0.6) is 0 Å². The normalized spacial score (nSPS) is 12.8. The molecule has 2 unspecified atom stereocenters. The highest BCUT2D eigenvalue weighted by Crippen LogP contribution is 2.28. The molecule has 3 rings (SSSR count). The number of hydrogen-bond acceptors (Lipinski definition) is 5. The Morgan fingerprint density at radius 2 is 1.62 bits per heavy atom. The summed E-state index contributed by atoms with van der Waals surface area (Å²) in [5.41, 5.74) is 1.17. The summed E-state index contributed by atoms with van der Waals surface area (Å²) >= 11 is 0. The van der Waals surface area contributed by atoms with Crippen LogP contribution in [0.2, 0.25) is 0 Å². The Morgan fingerprint density at radius 3 is 2.23 bits per heavy atom. The number of amides is 3. The first-order valence-corrected chi connectivity index (χ1v) is 12.9. The second-order valence-electron chi connectivity index (χ2n) is 10.8. The zero-order valence-electron chi connectivity index (χ0n) is 23.3. The van der Waals surface area contributed by atoms with E-state index in [2.05, 4.69) is 10.6 Å². The summed E-state index contributed by atoms with van der Waals surface area (Å²) in [5.74, 6) is -1.37. The summed E-state index contributed by atoms with van der Waals surface area (Å²) in [6.07, 6.45) is -0.750. The minimum atomic E-state index is -1.12. The second-order valence-corrected chi connectivity index (χ2v) is 10.8. The van der Waals surface area contributed by atoms with Crippen molar-refractivity contribution in [1.29, 1.82) is 5.26 Å². The van der Waals surface area contributed by atoms with E-state index in [0.29, 0.717) is 11.3 Å². The lowest BCUT2D eigenvalue weighted by Crippen LogP contribution is -2.54. The van der Waals surface area contributed by atoms with Gasteiger partial charge in [0.25, 0.3) is 5.91 Å². The van der Waals surface area contributed by atoms with Gasteiger partial charge >= 0.3 is 6.09 Å². The van der Waals surface area contributed by atoms with Crippen LogP contribution in [-0.2, 0) is 14.3 Å². The van der Waals surface area contributed by atoms with Crippen molar-refractivity contribution in [2.75, 3.05) is 11.9 Å². The number of carbonyl (C=O) groups is 3. The van der Waals surface area contributed by atoms with Gasteiger partial charge in [-0.3, -0.25) is 9.59 Å². The van der Waals surface area contributed by atoms with E-state index in [0.717, 1.165) is 16.3 Å². The summed E-state index contributed by atoms with van der Waals surface area (Å²) in [7, 11) is 0. The van der Waals surface area contributed by atoms with E-state index in [4.69, 9.17) is 4.74 Å². The van der Waals surface area contributed by atoms with E-state index in [1.54, 1.807) is 52.8 Å². The van der Waals surface area contributed by atoms with E-state index in [-0.39, 0.29) is 12.5 Å². The van der Waals surface area contributed by atoms with Gasteiger partial charge in [-0.05, 0) is 67.6 Å². The molecule has 0 saturated heterocycles. The number of nitrogens with one attached hydrogen (secondary N) is 2. The molecule has 3 aromatic rings. The molecule has 2 atom stereocenters. The summed E-state index contributed by atoms with van der Waals surface area (Å²) < 4.78 is 5.37. The fourth-order valence-electron chi connectivity index (χ4n) is 4.32. The van der Waals surface area contributed by atoms with Crippen molar-refractivity contribution in [1.82, 2.24) is 10.2 Å². The number of aryl methyl sites for hydroxylation is 1. The van der Waals surface area contributed by atoms with Gasteiger partial charge in [-0.2, -0.15) is 5.26 Å². The third-order valence-electron chi connectivity index (χ3n) is 6.19. The fourth-order valence-corrected chi connectivity index (χ4v) is 4.32. The molecule has 2 N–H and O–H groups in total. The number of anilines is 1. The number of alkyl carbamates (subject to hydrolysis) is 1. The first kappa shape index (κ1) is 29.2. The number of ether oxygens (including phenoxy) is 1. The highest BCUT2D eigenvalue weighted by atomic mass is 16.6. The number of carbonyl (C=O) groups excluding carboxylic acids is 3. The number of nitriles is 1. The maximum atomic E-state index is 14.0. The highest BCUT2D eigenvalue weighted by Gasteiger charge is 2.38. The van der Waals surface area contributed by atoms with Gasteiger partial charge in [-0.15, -0.1) is 0 Å². The standard InChI is InChI=1S/C31H36N4O4/c1-20(2)26(34-30(38)39-31(4,5)6)29(37)35(18-17-32)27(25-14-10-7-11-21(25)3)28(36)33-24-16-15-22-12-8-9-13-23(22)19-24/h7-16,19-20,26-27H,18H2,1-6H3,(H,33,36)(H,34,38). The van der Waals surface area contributed by atoms with Crippen molar-refractivity contribution in [3.8, 4) is 6.07 Å². The molecule has 0 saturated carbocycles. The Labute approximate surface area is 229 Å². The smallest absolute Gasteiger partial charge is 0.408 e. The van der Waals surface area contributed by atoms with E-state index in [1.807, 2.05) is 61.5 Å². The molecule has 204 valence electrons. The Hall–Kier alpha value is -4.38. The van der Waals surface area contributed by atoms with Gasteiger partial charge in [0.1, 0.15) is 24.2 Å². The number of rotatable bonds is 8. The zero-order valence-corrected chi connectivity index (χ0v) is 23.3. The molecule has 0 fully saturated rings. The van der Waals surface area contributed by atoms with Gasteiger partial charge in [0.05, 0.1) is 6.07 Å². The molecule has 0 aromatic heterocycles. The lowest BCUT2D eigenvalue weighted by Gasteiger charge is -2.34. The first-order chi connectivity index (χ1) is 18.4. The molecular weight excluding hydrogens is 492 g/mol. The van der Waals surface area contributed by atoms with Crippen LogP contribution in [0.1, 0.15) is 51.8 Å². The van der Waals surface area contributed by atoms with Crippen LogP contribution < -0.4 is 10.6 Å². The molecule has 8 heteroatoms.